The molecule has 3 N–H and O–H groups in total. The van der Waals surface area contributed by atoms with E-state index in [2.05, 4.69) is 10.3 Å². The quantitative estimate of drug-likeness (QED) is 0.805. The molecule has 27 heavy (non-hydrogen) atoms. The van der Waals surface area contributed by atoms with Crippen molar-refractivity contribution in [2.45, 2.75) is 49.2 Å². The predicted molar refractivity (Wildman–Crippen MR) is 109 cm³/mol. The Bertz CT molecular complexity index is 937. The first kappa shape index (κ1) is 21.2. The minimum Gasteiger partial charge on any atom is -0.384 e. The normalized spacial score (nSPS) is 15.8. The SMILES string of the molecule is Cc1ccc(C)c(S(=O)(=O)C2(C(=O)Nc3ccc(N)nc3)CCCC2)c1.Cl. The lowest BCUT2D eigenvalue weighted by atomic mass is 10.1. The maximum atomic E-state index is 13.5. The summed E-state index contributed by atoms with van der Waals surface area (Å²) < 4.78 is 25.6. The molecule has 1 fully saturated rings. The van der Waals surface area contributed by atoms with Crippen molar-refractivity contribution in [1.29, 1.82) is 0 Å². The molecule has 0 saturated heterocycles. The van der Waals surface area contributed by atoms with E-state index in [9.17, 15) is 13.2 Å². The van der Waals surface area contributed by atoms with Crippen molar-refractivity contribution in [3.63, 3.8) is 0 Å². The number of carbonyl (C=O) groups is 1. The van der Waals surface area contributed by atoms with Crippen LogP contribution in [0.25, 0.3) is 0 Å². The molecule has 1 aliphatic carbocycles. The fourth-order valence-corrected chi connectivity index (χ4v) is 5.87. The van der Waals surface area contributed by atoms with Crippen LogP contribution in [-0.4, -0.2) is 24.1 Å². The van der Waals surface area contributed by atoms with Gasteiger partial charge in [-0.1, -0.05) is 25.0 Å². The van der Waals surface area contributed by atoms with Crippen LogP contribution in [0.2, 0.25) is 0 Å². The van der Waals surface area contributed by atoms with Crippen LogP contribution in [-0.2, 0) is 14.6 Å². The summed E-state index contributed by atoms with van der Waals surface area (Å²) >= 11 is 0. The van der Waals surface area contributed by atoms with Crippen LogP contribution in [0.1, 0.15) is 36.8 Å². The standard InChI is InChI=1S/C19H23N3O3S.ClH/c1-13-5-6-14(2)16(11-13)26(24,25)19(9-3-4-10-19)18(23)22-15-7-8-17(20)21-12-15;/h5-8,11-12H,3-4,9-10H2,1-2H3,(H2,20,21)(H,22,23);1H. The smallest absolute Gasteiger partial charge is 0.246 e. The van der Waals surface area contributed by atoms with Crippen molar-refractivity contribution < 1.29 is 13.2 Å². The largest absolute Gasteiger partial charge is 0.384 e. The second kappa shape index (κ2) is 7.86. The third kappa shape index (κ3) is 3.80. The summed E-state index contributed by atoms with van der Waals surface area (Å²) in [6.45, 7) is 3.61. The number of benzene rings is 1. The maximum absolute atomic E-state index is 13.5. The summed E-state index contributed by atoms with van der Waals surface area (Å²) in [5, 5.41) is 2.73. The van der Waals surface area contributed by atoms with Crippen molar-refractivity contribution >= 4 is 39.7 Å². The summed E-state index contributed by atoms with van der Waals surface area (Å²) in [5.41, 5.74) is 7.51. The number of nitrogen functional groups attached to an aromatic ring is 1. The van der Waals surface area contributed by atoms with Crippen molar-refractivity contribution in [3.05, 3.63) is 47.7 Å². The van der Waals surface area contributed by atoms with Gasteiger partial charge < -0.3 is 11.1 Å². The van der Waals surface area contributed by atoms with Gasteiger partial charge in [-0.3, -0.25) is 4.79 Å². The molecule has 0 unspecified atom stereocenters. The number of amides is 1. The van der Waals surface area contributed by atoms with E-state index in [1.807, 2.05) is 13.0 Å². The van der Waals surface area contributed by atoms with Gasteiger partial charge in [-0.2, -0.15) is 0 Å². The van der Waals surface area contributed by atoms with E-state index in [0.29, 0.717) is 42.8 Å². The van der Waals surface area contributed by atoms with Gasteiger partial charge in [0.05, 0.1) is 16.8 Å². The molecule has 0 radical (unpaired) electrons. The summed E-state index contributed by atoms with van der Waals surface area (Å²) in [5.74, 6) is -0.163. The van der Waals surface area contributed by atoms with Crippen LogP contribution in [0.15, 0.2) is 41.4 Å². The Balaban J connectivity index is 0.00000261. The van der Waals surface area contributed by atoms with Crippen molar-refractivity contribution in [2.75, 3.05) is 11.1 Å². The summed E-state index contributed by atoms with van der Waals surface area (Å²) in [6.07, 6.45) is 3.48. The molecule has 0 spiro atoms. The molecule has 146 valence electrons. The Labute approximate surface area is 165 Å². The van der Waals surface area contributed by atoms with E-state index < -0.39 is 20.5 Å². The van der Waals surface area contributed by atoms with E-state index in [1.54, 1.807) is 31.2 Å². The first-order chi connectivity index (χ1) is 12.3. The minimum atomic E-state index is -3.84. The van der Waals surface area contributed by atoms with Gasteiger partial charge in [0.2, 0.25) is 5.91 Å². The molecule has 0 aliphatic heterocycles. The molecule has 1 aliphatic rings. The van der Waals surface area contributed by atoms with Crippen LogP contribution in [0.4, 0.5) is 11.5 Å². The zero-order valence-corrected chi connectivity index (χ0v) is 17.0. The van der Waals surface area contributed by atoms with E-state index in [4.69, 9.17) is 5.73 Å². The highest BCUT2D eigenvalue weighted by Crippen LogP contribution is 2.42. The Kier molecular flexibility index (Phi) is 6.17. The fraction of sp³-hybridized carbons (Fsp3) is 0.368. The van der Waals surface area contributed by atoms with E-state index in [1.165, 1.54) is 6.20 Å². The highest BCUT2D eigenvalue weighted by Gasteiger charge is 2.53. The van der Waals surface area contributed by atoms with Gasteiger partial charge in [-0.25, -0.2) is 13.4 Å². The highest BCUT2D eigenvalue weighted by atomic mass is 35.5. The van der Waals surface area contributed by atoms with E-state index in [-0.39, 0.29) is 17.3 Å². The minimum absolute atomic E-state index is 0. The molecule has 0 bridgehead atoms. The van der Waals surface area contributed by atoms with Gasteiger partial charge in [-0.15, -0.1) is 12.4 Å². The Hall–Kier alpha value is -2.12. The first-order valence-corrected chi connectivity index (χ1v) is 10.1. The first-order valence-electron chi connectivity index (χ1n) is 8.61. The summed E-state index contributed by atoms with van der Waals surface area (Å²) in [6, 6.07) is 8.49. The number of nitrogens with two attached hydrogens (primary N) is 1. The highest BCUT2D eigenvalue weighted by molar-refractivity contribution is 7.93. The maximum Gasteiger partial charge on any atom is 0.246 e. The summed E-state index contributed by atoms with van der Waals surface area (Å²) in [7, 11) is -3.84. The number of rotatable bonds is 4. The number of pyridine rings is 1. The van der Waals surface area contributed by atoms with E-state index in [0.717, 1.165) is 5.56 Å². The van der Waals surface area contributed by atoms with Crippen molar-refractivity contribution in [1.82, 2.24) is 4.98 Å². The van der Waals surface area contributed by atoms with Gasteiger partial charge in [0.25, 0.3) is 0 Å². The lowest BCUT2D eigenvalue weighted by molar-refractivity contribution is -0.118. The number of nitrogens with one attached hydrogen (secondary N) is 1. The van der Waals surface area contributed by atoms with Gasteiger partial charge in [0.1, 0.15) is 5.82 Å². The molecule has 1 heterocycles. The molecule has 3 rings (SSSR count). The van der Waals surface area contributed by atoms with Crippen LogP contribution < -0.4 is 11.1 Å². The molecule has 8 heteroatoms. The molecule has 1 aromatic heterocycles. The monoisotopic (exact) mass is 409 g/mol. The Morgan fingerprint density at radius 3 is 2.41 bits per heavy atom. The number of carbonyl (C=O) groups excluding carboxylic acids is 1. The van der Waals surface area contributed by atoms with Crippen molar-refractivity contribution in [3.8, 4) is 0 Å². The molecular formula is C19H24ClN3O3S. The van der Waals surface area contributed by atoms with Crippen molar-refractivity contribution in [2.24, 2.45) is 0 Å². The molecule has 0 atom stereocenters. The number of nitrogens with zero attached hydrogens (tertiary/aromatic N) is 1. The number of halogens is 1. The molecule has 1 amide bonds. The zero-order chi connectivity index (χ0) is 18.9. The number of hydrogen-bond acceptors (Lipinski definition) is 5. The van der Waals surface area contributed by atoms with Gasteiger partial charge in [0.15, 0.2) is 14.6 Å². The molecule has 6 nitrogen and oxygen atoms in total. The average molecular weight is 410 g/mol. The zero-order valence-electron chi connectivity index (χ0n) is 15.4. The lowest BCUT2D eigenvalue weighted by Gasteiger charge is -2.28. The molecular weight excluding hydrogens is 386 g/mol. The molecule has 1 aromatic carbocycles. The Morgan fingerprint density at radius 2 is 1.81 bits per heavy atom. The fourth-order valence-electron chi connectivity index (χ4n) is 3.50. The number of sulfone groups is 1. The van der Waals surface area contributed by atoms with Crippen LogP contribution >= 0.6 is 12.4 Å². The summed E-state index contributed by atoms with van der Waals surface area (Å²) in [4.78, 5) is 17.3. The number of aryl methyl sites for hydroxylation is 2. The second-order valence-electron chi connectivity index (χ2n) is 6.90. The van der Waals surface area contributed by atoms with Gasteiger partial charge in [-0.05, 0) is 56.0 Å². The van der Waals surface area contributed by atoms with Crippen LogP contribution in [0, 0.1) is 13.8 Å². The van der Waals surface area contributed by atoms with Gasteiger partial charge in [0, 0.05) is 0 Å². The third-order valence-corrected chi connectivity index (χ3v) is 7.66. The second-order valence-corrected chi connectivity index (χ2v) is 9.13. The molecule has 2 aromatic rings. The number of anilines is 2. The van der Waals surface area contributed by atoms with Crippen LogP contribution in [0.5, 0.6) is 0 Å². The topological polar surface area (TPSA) is 102 Å². The van der Waals surface area contributed by atoms with Gasteiger partial charge >= 0.3 is 0 Å². The predicted octanol–water partition coefficient (Wildman–Crippen LogP) is 3.43. The number of aromatic nitrogens is 1. The lowest BCUT2D eigenvalue weighted by Crippen LogP contribution is -2.47. The average Bonchev–Trinajstić information content (AvgIpc) is 3.11. The number of hydrogen-bond donors (Lipinski definition) is 2. The Morgan fingerprint density at radius 1 is 1.15 bits per heavy atom. The third-order valence-electron chi connectivity index (χ3n) is 5.02. The van der Waals surface area contributed by atoms with E-state index >= 15 is 0 Å². The molecule has 1 saturated carbocycles. The van der Waals surface area contributed by atoms with Crippen LogP contribution in [0.3, 0.4) is 0 Å².